The van der Waals surface area contributed by atoms with Crippen LogP contribution in [0.15, 0.2) is 83.8 Å². The highest BCUT2D eigenvalue weighted by Crippen LogP contribution is 2.23. The number of carbonyl (C=O) groups is 1. The van der Waals surface area contributed by atoms with Crippen LogP contribution in [-0.2, 0) is 24.8 Å². The van der Waals surface area contributed by atoms with Crippen molar-refractivity contribution in [2.24, 2.45) is 0 Å². The fraction of sp³-hybridized carbons (Fsp3) is 0.136. The molecule has 0 bridgehead atoms. The van der Waals surface area contributed by atoms with Gasteiger partial charge in [0.1, 0.15) is 6.04 Å². The Morgan fingerprint density at radius 1 is 0.848 bits per heavy atom. The first-order valence-electron chi connectivity index (χ1n) is 9.71. The van der Waals surface area contributed by atoms with Crippen molar-refractivity contribution < 1.29 is 21.6 Å². The van der Waals surface area contributed by atoms with Crippen LogP contribution in [0.2, 0.25) is 5.02 Å². The fourth-order valence-corrected chi connectivity index (χ4v) is 5.44. The van der Waals surface area contributed by atoms with Crippen LogP contribution in [0.1, 0.15) is 6.92 Å². The van der Waals surface area contributed by atoms with Crippen molar-refractivity contribution in [3.05, 3.63) is 83.9 Å². The van der Waals surface area contributed by atoms with E-state index in [0.717, 1.165) is 10.6 Å². The standard InChI is InChI=1S/C22H22ClN3O5S2/c1-16(26(32(2,28)29)20-6-4-3-5-7-20)22(27)24-18-12-14-21(15-13-18)33(30,31)25-19-10-8-17(23)9-11-19/h3-16,25H,1-2H3,(H,24,27)/t16-/m1/s1. The first kappa shape index (κ1) is 24.6. The van der Waals surface area contributed by atoms with Gasteiger partial charge in [0.15, 0.2) is 0 Å². The fourth-order valence-electron chi connectivity index (χ4n) is 3.08. The number of sulfonamides is 2. The Morgan fingerprint density at radius 2 is 1.39 bits per heavy atom. The minimum Gasteiger partial charge on any atom is -0.324 e. The molecule has 0 aliphatic rings. The minimum atomic E-state index is -3.85. The van der Waals surface area contributed by atoms with Gasteiger partial charge in [-0.3, -0.25) is 13.8 Å². The lowest BCUT2D eigenvalue weighted by molar-refractivity contribution is -0.116. The SMILES string of the molecule is C[C@H](C(=O)Nc1ccc(S(=O)(=O)Nc2ccc(Cl)cc2)cc1)N(c1ccccc1)S(C)(=O)=O. The van der Waals surface area contributed by atoms with Gasteiger partial charge in [-0.05, 0) is 67.6 Å². The van der Waals surface area contributed by atoms with Crippen LogP contribution in [0.25, 0.3) is 0 Å². The van der Waals surface area contributed by atoms with Gasteiger partial charge in [0.25, 0.3) is 10.0 Å². The van der Waals surface area contributed by atoms with Crippen molar-refractivity contribution in [3.8, 4) is 0 Å². The number of para-hydroxylation sites is 1. The molecule has 0 saturated carbocycles. The van der Waals surface area contributed by atoms with E-state index in [1.165, 1.54) is 43.3 Å². The molecule has 0 aromatic heterocycles. The quantitative estimate of drug-likeness (QED) is 0.479. The van der Waals surface area contributed by atoms with E-state index in [1.807, 2.05) is 0 Å². The van der Waals surface area contributed by atoms with Crippen molar-refractivity contribution in [3.63, 3.8) is 0 Å². The summed E-state index contributed by atoms with van der Waals surface area (Å²) in [6.45, 7) is 1.47. The predicted molar refractivity (Wildman–Crippen MR) is 131 cm³/mol. The molecule has 1 atom stereocenters. The third kappa shape index (κ3) is 6.25. The van der Waals surface area contributed by atoms with Crippen molar-refractivity contribution in [2.45, 2.75) is 17.9 Å². The molecular formula is C22H22ClN3O5S2. The summed E-state index contributed by atoms with van der Waals surface area (Å²) in [5.74, 6) is -0.570. The van der Waals surface area contributed by atoms with E-state index in [2.05, 4.69) is 10.0 Å². The molecule has 0 spiro atoms. The largest absolute Gasteiger partial charge is 0.324 e. The van der Waals surface area contributed by atoms with E-state index in [-0.39, 0.29) is 4.90 Å². The number of hydrogen-bond acceptors (Lipinski definition) is 5. The molecule has 0 saturated heterocycles. The van der Waals surface area contributed by atoms with E-state index >= 15 is 0 Å². The summed E-state index contributed by atoms with van der Waals surface area (Å²) in [5, 5.41) is 3.10. The van der Waals surface area contributed by atoms with E-state index < -0.39 is 32.0 Å². The van der Waals surface area contributed by atoms with Gasteiger partial charge < -0.3 is 5.32 Å². The van der Waals surface area contributed by atoms with Crippen LogP contribution in [0.5, 0.6) is 0 Å². The van der Waals surface area contributed by atoms with Gasteiger partial charge in [-0.2, -0.15) is 0 Å². The predicted octanol–water partition coefficient (Wildman–Crippen LogP) is 3.93. The molecule has 0 radical (unpaired) electrons. The number of carbonyl (C=O) groups excluding carboxylic acids is 1. The summed E-state index contributed by atoms with van der Waals surface area (Å²) in [7, 11) is -7.59. The zero-order valence-electron chi connectivity index (χ0n) is 17.8. The lowest BCUT2D eigenvalue weighted by Crippen LogP contribution is -2.45. The summed E-state index contributed by atoms with van der Waals surface area (Å²) < 4.78 is 53.3. The van der Waals surface area contributed by atoms with Gasteiger partial charge in [0.05, 0.1) is 16.8 Å². The maximum atomic E-state index is 12.8. The van der Waals surface area contributed by atoms with Gasteiger partial charge in [0.2, 0.25) is 15.9 Å². The number of hydrogen-bond donors (Lipinski definition) is 2. The molecule has 33 heavy (non-hydrogen) atoms. The Hall–Kier alpha value is -3.08. The van der Waals surface area contributed by atoms with Gasteiger partial charge >= 0.3 is 0 Å². The number of halogens is 1. The van der Waals surface area contributed by atoms with Crippen LogP contribution in [0.4, 0.5) is 17.1 Å². The van der Waals surface area contributed by atoms with Crippen LogP contribution in [-0.4, -0.2) is 35.0 Å². The highest BCUT2D eigenvalue weighted by Gasteiger charge is 2.29. The van der Waals surface area contributed by atoms with Crippen LogP contribution < -0.4 is 14.3 Å². The van der Waals surface area contributed by atoms with Crippen molar-refractivity contribution in [1.29, 1.82) is 0 Å². The average Bonchev–Trinajstić information content (AvgIpc) is 2.75. The molecule has 0 aliphatic heterocycles. The molecule has 0 fully saturated rings. The van der Waals surface area contributed by atoms with E-state index in [0.29, 0.717) is 22.1 Å². The Balaban J connectivity index is 1.74. The minimum absolute atomic E-state index is 0.00875. The van der Waals surface area contributed by atoms with Gasteiger partial charge in [-0.25, -0.2) is 16.8 Å². The van der Waals surface area contributed by atoms with Crippen LogP contribution in [0.3, 0.4) is 0 Å². The second-order valence-corrected chi connectivity index (χ2v) is 11.2. The molecule has 0 aliphatic carbocycles. The van der Waals surface area contributed by atoms with Crippen molar-refractivity contribution in [2.75, 3.05) is 20.6 Å². The summed E-state index contributed by atoms with van der Waals surface area (Å²) >= 11 is 5.81. The maximum absolute atomic E-state index is 12.8. The normalized spacial score (nSPS) is 12.6. The second-order valence-electron chi connectivity index (χ2n) is 7.20. The van der Waals surface area contributed by atoms with Crippen molar-refractivity contribution in [1.82, 2.24) is 0 Å². The third-order valence-corrected chi connectivity index (χ3v) is 7.52. The monoisotopic (exact) mass is 507 g/mol. The molecule has 3 aromatic rings. The molecule has 0 heterocycles. The number of nitrogens with one attached hydrogen (secondary N) is 2. The molecule has 1 amide bonds. The molecular weight excluding hydrogens is 486 g/mol. The topological polar surface area (TPSA) is 113 Å². The number of amides is 1. The van der Waals surface area contributed by atoms with Gasteiger partial charge in [0, 0.05) is 16.4 Å². The number of benzene rings is 3. The number of rotatable bonds is 8. The maximum Gasteiger partial charge on any atom is 0.261 e. The molecule has 174 valence electrons. The third-order valence-electron chi connectivity index (χ3n) is 4.63. The second kappa shape index (κ2) is 9.82. The van der Waals surface area contributed by atoms with Gasteiger partial charge in [-0.15, -0.1) is 0 Å². The molecule has 2 N–H and O–H groups in total. The highest BCUT2D eigenvalue weighted by atomic mass is 35.5. The summed E-state index contributed by atoms with van der Waals surface area (Å²) in [5.41, 5.74) is 1.03. The summed E-state index contributed by atoms with van der Waals surface area (Å²) in [4.78, 5) is 12.8. The lowest BCUT2D eigenvalue weighted by Gasteiger charge is -2.28. The first-order chi connectivity index (χ1) is 15.5. The van der Waals surface area contributed by atoms with Gasteiger partial charge in [-0.1, -0.05) is 29.8 Å². The van der Waals surface area contributed by atoms with E-state index in [4.69, 9.17) is 11.6 Å². The Kier molecular flexibility index (Phi) is 7.31. The lowest BCUT2D eigenvalue weighted by atomic mass is 10.2. The number of anilines is 3. The number of nitrogens with zero attached hydrogens (tertiary/aromatic N) is 1. The Morgan fingerprint density at radius 3 is 1.94 bits per heavy atom. The summed E-state index contributed by atoms with van der Waals surface area (Å²) in [6.07, 6.45) is 1.02. The Bertz CT molecular complexity index is 1330. The van der Waals surface area contributed by atoms with Crippen LogP contribution >= 0.6 is 11.6 Å². The van der Waals surface area contributed by atoms with E-state index in [1.54, 1.807) is 42.5 Å². The smallest absolute Gasteiger partial charge is 0.261 e. The van der Waals surface area contributed by atoms with E-state index in [9.17, 15) is 21.6 Å². The Labute approximate surface area is 198 Å². The zero-order chi connectivity index (χ0) is 24.2. The molecule has 0 unspecified atom stereocenters. The zero-order valence-corrected chi connectivity index (χ0v) is 20.2. The average molecular weight is 508 g/mol. The molecule has 3 aromatic carbocycles. The van der Waals surface area contributed by atoms with Crippen molar-refractivity contribution >= 4 is 54.6 Å². The molecule has 11 heteroatoms. The molecule has 8 nitrogen and oxygen atoms in total. The highest BCUT2D eigenvalue weighted by molar-refractivity contribution is 7.92. The van der Waals surface area contributed by atoms with Crippen LogP contribution in [0, 0.1) is 0 Å². The summed E-state index contributed by atoms with van der Waals surface area (Å²) in [6, 6.07) is 19.0. The first-order valence-corrected chi connectivity index (χ1v) is 13.4. The molecule has 3 rings (SSSR count).